The smallest absolute Gasteiger partial charge is 0.163 e. The van der Waals surface area contributed by atoms with Crippen molar-refractivity contribution in [1.29, 1.82) is 0 Å². The number of hydrogen-bond acceptors (Lipinski definition) is 4. The average molecular weight is 285 g/mol. The van der Waals surface area contributed by atoms with Gasteiger partial charge < -0.3 is 10.1 Å². The first kappa shape index (κ1) is 15.4. The van der Waals surface area contributed by atoms with Crippen LogP contribution >= 0.6 is 0 Å². The van der Waals surface area contributed by atoms with Crippen LogP contribution in [0, 0.1) is 13.8 Å². The Morgan fingerprint density at radius 3 is 2.38 bits per heavy atom. The topological polar surface area (TPSA) is 47.0 Å². The predicted molar refractivity (Wildman–Crippen MR) is 85.7 cm³/mol. The van der Waals surface area contributed by atoms with E-state index in [1.165, 1.54) is 5.56 Å². The van der Waals surface area contributed by atoms with Crippen LogP contribution in [0.4, 0.5) is 0 Å². The molecule has 2 aromatic rings. The molecule has 4 heteroatoms. The van der Waals surface area contributed by atoms with Crippen LogP contribution in [0.5, 0.6) is 5.75 Å². The quantitative estimate of drug-likeness (QED) is 0.829. The lowest BCUT2D eigenvalue weighted by Gasteiger charge is -2.12. The number of aryl methyl sites for hydroxylation is 2. The van der Waals surface area contributed by atoms with E-state index in [1.54, 1.807) is 7.11 Å². The van der Waals surface area contributed by atoms with Crippen molar-refractivity contribution in [2.75, 3.05) is 20.7 Å². The number of para-hydroxylation sites is 1. The van der Waals surface area contributed by atoms with Gasteiger partial charge >= 0.3 is 0 Å². The third-order valence-corrected chi connectivity index (χ3v) is 3.62. The predicted octanol–water partition coefficient (Wildman–Crippen LogP) is 2.92. The van der Waals surface area contributed by atoms with Gasteiger partial charge in [0.1, 0.15) is 5.75 Å². The molecule has 2 rings (SSSR count). The molecule has 0 spiro atoms. The minimum Gasteiger partial charge on any atom is -0.496 e. The average Bonchev–Trinajstić information content (AvgIpc) is 2.49. The lowest BCUT2D eigenvalue weighted by Crippen LogP contribution is -2.10. The molecule has 0 radical (unpaired) electrons. The van der Waals surface area contributed by atoms with Gasteiger partial charge in [-0.2, -0.15) is 0 Å². The summed E-state index contributed by atoms with van der Waals surface area (Å²) in [6.45, 7) is 5.12. The van der Waals surface area contributed by atoms with E-state index in [0.717, 1.165) is 47.9 Å². The minimum absolute atomic E-state index is 0.736. The van der Waals surface area contributed by atoms with Crippen LogP contribution in [-0.4, -0.2) is 30.7 Å². The summed E-state index contributed by atoms with van der Waals surface area (Å²) >= 11 is 0. The zero-order chi connectivity index (χ0) is 15.2. The van der Waals surface area contributed by atoms with Crippen LogP contribution in [-0.2, 0) is 6.42 Å². The van der Waals surface area contributed by atoms with E-state index < -0.39 is 0 Å². The monoisotopic (exact) mass is 285 g/mol. The third-order valence-electron chi connectivity index (χ3n) is 3.62. The maximum absolute atomic E-state index is 5.40. The molecule has 1 heterocycles. The molecule has 0 amide bonds. The summed E-state index contributed by atoms with van der Waals surface area (Å²) in [6.07, 6.45) is 2.10. The number of nitrogens with zero attached hydrogens (tertiary/aromatic N) is 2. The molecule has 1 aromatic carbocycles. The van der Waals surface area contributed by atoms with Gasteiger partial charge in [0, 0.05) is 11.4 Å². The van der Waals surface area contributed by atoms with Crippen LogP contribution in [0.1, 0.15) is 23.4 Å². The molecular weight excluding hydrogens is 262 g/mol. The molecule has 0 atom stereocenters. The molecule has 0 fully saturated rings. The van der Waals surface area contributed by atoms with Crippen LogP contribution in [0.25, 0.3) is 11.4 Å². The highest BCUT2D eigenvalue weighted by Gasteiger charge is 2.12. The highest BCUT2D eigenvalue weighted by molar-refractivity contribution is 5.64. The number of nitrogens with one attached hydrogen (secondary N) is 1. The number of ether oxygens (including phenoxy) is 1. The number of rotatable bonds is 6. The Labute approximate surface area is 126 Å². The minimum atomic E-state index is 0.736. The highest BCUT2D eigenvalue weighted by atomic mass is 16.5. The van der Waals surface area contributed by atoms with Gasteiger partial charge in [0.05, 0.1) is 12.7 Å². The molecule has 0 unspecified atom stereocenters. The van der Waals surface area contributed by atoms with Crippen molar-refractivity contribution in [1.82, 2.24) is 15.3 Å². The highest BCUT2D eigenvalue weighted by Crippen LogP contribution is 2.28. The molecule has 21 heavy (non-hydrogen) atoms. The Balaban J connectivity index is 2.35. The van der Waals surface area contributed by atoms with Crippen LogP contribution in [0.3, 0.4) is 0 Å². The summed E-state index contributed by atoms with van der Waals surface area (Å²) in [7, 11) is 3.64. The standard InChI is InChI=1S/C17H23N3O/c1-12-14(9-7-11-18-3)13(2)20-17(19-12)15-8-5-6-10-16(15)21-4/h5-6,8,10,18H,7,9,11H2,1-4H3. The van der Waals surface area contributed by atoms with Gasteiger partial charge in [-0.25, -0.2) is 9.97 Å². The summed E-state index contributed by atoms with van der Waals surface area (Å²) in [5, 5.41) is 3.17. The number of hydrogen-bond donors (Lipinski definition) is 1. The molecular formula is C17H23N3O. The molecule has 112 valence electrons. The van der Waals surface area contributed by atoms with Gasteiger partial charge in [-0.05, 0) is 58.0 Å². The lowest BCUT2D eigenvalue weighted by molar-refractivity contribution is 0.416. The molecule has 0 saturated heterocycles. The Hall–Kier alpha value is -1.94. The molecule has 0 aliphatic carbocycles. The van der Waals surface area contributed by atoms with Gasteiger partial charge in [-0.1, -0.05) is 12.1 Å². The second-order valence-corrected chi connectivity index (χ2v) is 5.10. The largest absolute Gasteiger partial charge is 0.496 e. The maximum Gasteiger partial charge on any atom is 0.163 e. The van der Waals surface area contributed by atoms with Gasteiger partial charge in [-0.3, -0.25) is 0 Å². The van der Waals surface area contributed by atoms with Gasteiger partial charge in [0.2, 0.25) is 0 Å². The summed E-state index contributed by atoms with van der Waals surface area (Å²) in [4.78, 5) is 9.36. The summed E-state index contributed by atoms with van der Waals surface area (Å²) < 4.78 is 5.40. The van der Waals surface area contributed by atoms with E-state index in [2.05, 4.69) is 29.1 Å². The number of methoxy groups -OCH3 is 1. The van der Waals surface area contributed by atoms with Crippen LogP contribution < -0.4 is 10.1 Å². The third kappa shape index (κ3) is 3.58. The second kappa shape index (κ2) is 7.18. The van der Waals surface area contributed by atoms with Crippen molar-refractivity contribution in [3.05, 3.63) is 41.2 Å². The van der Waals surface area contributed by atoms with E-state index in [4.69, 9.17) is 4.74 Å². The van der Waals surface area contributed by atoms with Crippen molar-refractivity contribution in [3.8, 4) is 17.1 Å². The molecule has 1 N–H and O–H groups in total. The van der Waals surface area contributed by atoms with Crippen molar-refractivity contribution in [2.24, 2.45) is 0 Å². The summed E-state index contributed by atoms with van der Waals surface area (Å²) in [5.74, 6) is 1.54. The number of benzene rings is 1. The van der Waals surface area contributed by atoms with Crippen LogP contribution in [0.15, 0.2) is 24.3 Å². The maximum atomic E-state index is 5.40. The Morgan fingerprint density at radius 2 is 1.76 bits per heavy atom. The molecule has 0 saturated carbocycles. The zero-order valence-electron chi connectivity index (χ0n) is 13.2. The first-order valence-electron chi connectivity index (χ1n) is 7.29. The van der Waals surface area contributed by atoms with Crippen LogP contribution in [0.2, 0.25) is 0 Å². The van der Waals surface area contributed by atoms with Gasteiger partial charge in [-0.15, -0.1) is 0 Å². The summed E-state index contributed by atoms with van der Waals surface area (Å²) in [6, 6.07) is 7.86. The molecule has 0 bridgehead atoms. The van der Waals surface area contributed by atoms with E-state index in [-0.39, 0.29) is 0 Å². The lowest BCUT2D eigenvalue weighted by atomic mass is 10.1. The summed E-state index contributed by atoms with van der Waals surface area (Å²) in [5.41, 5.74) is 4.30. The van der Waals surface area contributed by atoms with E-state index in [1.807, 2.05) is 31.3 Å². The van der Waals surface area contributed by atoms with Gasteiger partial charge in [0.15, 0.2) is 5.82 Å². The Bertz CT molecular complexity index is 588. The Kier molecular flexibility index (Phi) is 5.28. The van der Waals surface area contributed by atoms with Crippen molar-refractivity contribution < 1.29 is 4.74 Å². The first-order valence-corrected chi connectivity index (χ1v) is 7.29. The van der Waals surface area contributed by atoms with Crippen molar-refractivity contribution in [3.63, 3.8) is 0 Å². The van der Waals surface area contributed by atoms with Gasteiger partial charge in [0.25, 0.3) is 0 Å². The number of aromatic nitrogens is 2. The van der Waals surface area contributed by atoms with Crippen molar-refractivity contribution >= 4 is 0 Å². The SMILES string of the molecule is CNCCCc1c(C)nc(-c2ccccc2OC)nc1C. The second-order valence-electron chi connectivity index (χ2n) is 5.10. The molecule has 1 aromatic heterocycles. The fourth-order valence-electron chi connectivity index (χ4n) is 2.49. The van der Waals surface area contributed by atoms with E-state index >= 15 is 0 Å². The van der Waals surface area contributed by atoms with E-state index in [9.17, 15) is 0 Å². The molecule has 0 aliphatic rings. The molecule has 4 nitrogen and oxygen atoms in total. The molecule has 0 aliphatic heterocycles. The normalized spacial score (nSPS) is 10.7. The van der Waals surface area contributed by atoms with Crippen molar-refractivity contribution in [2.45, 2.75) is 26.7 Å². The first-order chi connectivity index (χ1) is 10.2. The Morgan fingerprint density at radius 1 is 1.10 bits per heavy atom. The van der Waals surface area contributed by atoms with E-state index in [0.29, 0.717) is 0 Å². The fourth-order valence-corrected chi connectivity index (χ4v) is 2.49. The zero-order valence-corrected chi connectivity index (χ0v) is 13.2. The fraction of sp³-hybridized carbons (Fsp3) is 0.412.